The maximum absolute atomic E-state index is 12.2. The number of aromatic nitrogens is 4. The zero-order chi connectivity index (χ0) is 18.8. The van der Waals surface area contributed by atoms with Crippen LogP contribution in [0.15, 0.2) is 24.5 Å². The van der Waals surface area contributed by atoms with E-state index in [0.29, 0.717) is 22.1 Å². The molecule has 0 saturated carbocycles. The summed E-state index contributed by atoms with van der Waals surface area (Å²) in [5.41, 5.74) is 6.97. The fraction of sp³-hybridized carbons (Fsp3) is 0.188. The standard InChI is InChI=1S/C16H14Cl2N6O2/c1-8-11(9(2)24-16(21-8)19-7-20-24)6-14(25)22-23-15(26)12-5-10(17)3-4-13(12)18/h3-5,7H,6H2,1-2H3,(H,22,25)(H,23,26). The van der Waals surface area contributed by atoms with Gasteiger partial charge in [0.15, 0.2) is 0 Å². The van der Waals surface area contributed by atoms with Gasteiger partial charge in [0.25, 0.3) is 11.7 Å². The summed E-state index contributed by atoms with van der Waals surface area (Å²) in [6, 6.07) is 4.49. The fourth-order valence-electron chi connectivity index (χ4n) is 2.48. The molecule has 0 fully saturated rings. The number of aryl methyl sites for hydroxylation is 2. The first-order chi connectivity index (χ1) is 12.4. The van der Waals surface area contributed by atoms with Gasteiger partial charge in [-0.15, -0.1) is 0 Å². The van der Waals surface area contributed by atoms with Gasteiger partial charge in [0, 0.05) is 22.0 Å². The smallest absolute Gasteiger partial charge is 0.271 e. The van der Waals surface area contributed by atoms with Crippen molar-refractivity contribution in [2.75, 3.05) is 0 Å². The molecule has 0 aliphatic rings. The summed E-state index contributed by atoms with van der Waals surface area (Å²) >= 11 is 11.8. The number of hydrazine groups is 1. The van der Waals surface area contributed by atoms with Crippen LogP contribution in [0.4, 0.5) is 0 Å². The second kappa shape index (κ2) is 7.27. The molecule has 2 amide bonds. The number of hydrogen-bond acceptors (Lipinski definition) is 5. The van der Waals surface area contributed by atoms with Gasteiger partial charge in [-0.1, -0.05) is 23.2 Å². The predicted molar refractivity (Wildman–Crippen MR) is 96.0 cm³/mol. The Balaban J connectivity index is 1.70. The molecule has 0 aliphatic heterocycles. The third-order valence-corrected chi connectivity index (χ3v) is 4.38. The number of hydrogen-bond donors (Lipinski definition) is 2. The molecule has 26 heavy (non-hydrogen) atoms. The summed E-state index contributed by atoms with van der Waals surface area (Å²) < 4.78 is 1.56. The molecule has 3 rings (SSSR count). The van der Waals surface area contributed by atoms with Crippen LogP contribution in [0.1, 0.15) is 27.3 Å². The van der Waals surface area contributed by atoms with Gasteiger partial charge >= 0.3 is 0 Å². The second-order valence-corrected chi connectivity index (χ2v) is 6.38. The van der Waals surface area contributed by atoms with Crippen molar-refractivity contribution < 1.29 is 9.59 Å². The highest BCUT2D eigenvalue weighted by atomic mass is 35.5. The number of nitrogens with one attached hydrogen (secondary N) is 2. The van der Waals surface area contributed by atoms with Crippen molar-refractivity contribution in [1.82, 2.24) is 30.4 Å². The second-order valence-electron chi connectivity index (χ2n) is 5.54. The molecule has 0 unspecified atom stereocenters. The maximum Gasteiger partial charge on any atom is 0.271 e. The number of carbonyl (C=O) groups is 2. The van der Waals surface area contributed by atoms with Gasteiger partial charge in [-0.3, -0.25) is 20.4 Å². The summed E-state index contributed by atoms with van der Waals surface area (Å²) in [5.74, 6) is -0.513. The molecule has 2 aromatic heterocycles. The Hall–Kier alpha value is -2.71. The first kappa shape index (κ1) is 18.1. The monoisotopic (exact) mass is 392 g/mol. The minimum absolute atomic E-state index is 0.0179. The highest BCUT2D eigenvalue weighted by Gasteiger charge is 2.16. The van der Waals surface area contributed by atoms with Crippen molar-refractivity contribution >= 4 is 40.8 Å². The van der Waals surface area contributed by atoms with Crippen LogP contribution in [-0.2, 0) is 11.2 Å². The lowest BCUT2D eigenvalue weighted by atomic mass is 10.1. The van der Waals surface area contributed by atoms with E-state index in [0.717, 1.165) is 5.69 Å². The van der Waals surface area contributed by atoms with Crippen molar-refractivity contribution in [2.45, 2.75) is 20.3 Å². The lowest BCUT2D eigenvalue weighted by Gasteiger charge is -2.12. The third kappa shape index (κ3) is 3.61. The fourth-order valence-corrected chi connectivity index (χ4v) is 2.86. The van der Waals surface area contributed by atoms with Gasteiger partial charge < -0.3 is 0 Å². The average molecular weight is 393 g/mol. The Labute approximate surface area is 158 Å². The Bertz CT molecular complexity index is 1020. The zero-order valence-electron chi connectivity index (χ0n) is 13.9. The van der Waals surface area contributed by atoms with Crippen LogP contribution in [0.3, 0.4) is 0 Å². The molecule has 3 aromatic rings. The lowest BCUT2D eigenvalue weighted by Crippen LogP contribution is -2.42. The summed E-state index contributed by atoms with van der Waals surface area (Å²) in [5, 5.41) is 4.67. The number of carbonyl (C=O) groups excluding carboxylic acids is 2. The SMILES string of the molecule is Cc1nc2ncnn2c(C)c1CC(=O)NNC(=O)c1cc(Cl)ccc1Cl. The number of nitrogens with zero attached hydrogens (tertiary/aromatic N) is 4. The van der Waals surface area contributed by atoms with Crippen LogP contribution in [-0.4, -0.2) is 31.4 Å². The number of amides is 2. The molecule has 0 radical (unpaired) electrons. The van der Waals surface area contributed by atoms with Crippen molar-refractivity contribution in [3.05, 3.63) is 57.1 Å². The maximum atomic E-state index is 12.2. The molecular formula is C16H14Cl2N6O2. The summed E-state index contributed by atoms with van der Waals surface area (Å²) in [6.07, 6.45) is 1.41. The highest BCUT2D eigenvalue weighted by Crippen LogP contribution is 2.20. The largest absolute Gasteiger partial charge is 0.273 e. The summed E-state index contributed by atoms with van der Waals surface area (Å²) in [7, 11) is 0. The van der Waals surface area contributed by atoms with Crippen LogP contribution in [0.2, 0.25) is 10.0 Å². The third-order valence-electron chi connectivity index (χ3n) is 3.81. The molecule has 2 heterocycles. The van der Waals surface area contributed by atoms with Crippen LogP contribution >= 0.6 is 23.2 Å². The quantitative estimate of drug-likeness (QED) is 0.664. The van der Waals surface area contributed by atoms with Gasteiger partial charge in [0.2, 0.25) is 5.91 Å². The van der Waals surface area contributed by atoms with Crippen molar-refractivity contribution in [2.24, 2.45) is 0 Å². The van der Waals surface area contributed by atoms with Gasteiger partial charge in [-0.2, -0.15) is 10.1 Å². The molecule has 1 aromatic carbocycles. The Kier molecular flexibility index (Phi) is 5.06. The normalized spacial score (nSPS) is 10.8. The van der Waals surface area contributed by atoms with Gasteiger partial charge in [0.05, 0.1) is 17.0 Å². The van der Waals surface area contributed by atoms with E-state index in [1.165, 1.54) is 18.5 Å². The van der Waals surface area contributed by atoms with Crippen molar-refractivity contribution in [1.29, 1.82) is 0 Å². The van der Waals surface area contributed by atoms with Crippen molar-refractivity contribution in [3.8, 4) is 0 Å². The molecule has 0 atom stereocenters. The van der Waals surface area contributed by atoms with Crippen LogP contribution in [0.25, 0.3) is 5.78 Å². The minimum Gasteiger partial charge on any atom is -0.273 e. The Morgan fingerprint density at radius 2 is 1.96 bits per heavy atom. The van der Waals surface area contributed by atoms with E-state index in [-0.39, 0.29) is 17.0 Å². The van der Waals surface area contributed by atoms with E-state index >= 15 is 0 Å². The molecule has 134 valence electrons. The first-order valence-corrected chi connectivity index (χ1v) is 8.32. The number of halogens is 2. The molecule has 0 bridgehead atoms. The van der Waals surface area contributed by atoms with Crippen LogP contribution < -0.4 is 10.9 Å². The molecular weight excluding hydrogens is 379 g/mol. The van der Waals surface area contributed by atoms with E-state index in [1.54, 1.807) is 17.5 Å². The topological polar surface area (TPSA) is 101 Å². The molecule has 0 aliphatic carbocycles. The number of benzene rings is 1. The average Bonchev–Trinajstić information content (AvgIpc) is 3.07. The number of rotatable bonds is 3. The molecule has 2 N–H and O–H groups in total. The van der Waals surface area contributed by atoms with E-state index in [2.05, 4.69) is 25.9 Å². The molecule has 0 spiro atoms. The molecule has 8 nitrogen and oxygen atoms in total. The number of fused-ring (bicyclic) bond motifs is 1. The van der Waals surface area contributed by atoms with E-state index in [9.17, 15) is 9.59 Å². The van der Waals surface area contributed by atoms with E-state index < -0.39 is 11.8 Å². The molecule has 10 heteroatoms. The zero-order valence-corrected chi connectivity index (χ0v) is 15.4. The van der Waals surface area contributed by atoms with Gasteiger partial charge in [-0.25, -0.2) is 9.50 Å². The Morgan fingerprint density at radius 1 is 1.19 bits per heavy atom. The minimum atomic E-state index is -0.566. The molecule has 0 saturated heterocycles. The van der Waals surface area contributed by atoms with Crippen molar-refractivity contribution in [3.63, 3.8) is 0 Å². The van der Waals surface area contributed by atoms with Crippen LogP contribution in [0, 0.1) is 13.8 Å². The van der Waals surface area contributed by atoms with E-state index in [4.69, 9.17) is 23.2 Å². The van der Waals surface area contributed by atoms with Crippen LogP contribution in [0.5, 0.6) is 0 Å². The Morgan fingerprint density at radius 3 is 2.73 bits per heavy atom. The first-order valence-electron chi connectivity index (χ1n) is 7.57. The summed E-state index contributed by atoms with van der Waals surface area (Å²) in [4.78, 5) is 32.7. The van der Waals surface area contributed by atoms with E-state index in [1.807, 2.05) is 6.92 Å². The highest BCUT2D eigenvalue weighted by molar-refractivity contribution is 6.35. The summed E-state index contributed by atoms with van der Waals surface area (Å²) in [6.45, 7) is 3.61. The van der Waals surface area contributed by atoms with Gasteiger partial charge in [-0.05, 0) is 32.0 Å². The van der Waals surface area contributed by atoms with Gasteiger partial charge in [0.1, 0.15) is 6.33 Å². The lowest BCUT2D eigenvalue weighted by molar-refractivity contribution is -0.121. The predicted octanol–water partition coefficient (Wildman–Crippen LogP) is 2.05.